The Morgan fingerprint density at radius 1 is 1.12 bits per heavy atom. The Morgan fingerprint density at radius 3 is 2.15 bits per heavy atom. The number of benzene rings is 2. The number of rotatable bonds is 6. The van der Waals surface area contributed by atoms with Crippen LogP contribution in [0.1, 0.15) is 44.4 Å². The summed E-state index contributed by atoms with van der Waals surface area (Å²) in [6, 6.07) is 15.2. The molecule has 7 heteroatoms. The fourth-order valence-electron chi connectivity index (χ4n) is 2.51. The molecule has 1 N–H and O–H groups in total. The van der Waals surface area contributed by atoms with Crippen LogP contribution in [0, 0.1) is 0 Å². The number of hydrogen-bond acceptors (Lipinski definition) is 4. The van der Waals surface area contributed by atoms with E-state index in [0.717, 1.165) is 17.7 Å². The molecule has 0 fully saturated rings. The molecular formula is C27H35F2N3O2. The second-order valence-electron chi connectivity index (χ2n) is 6.99. The number of nitrogens with zero attached hydrogens (tertiary/aromatic N) is 2. The van der Waals surface area contributed by atoms with Gasteiger partial charge in [-0.25, -0.2) is 0 Å². The summed E-state index contributed by atoms with van der Waals surface area (Å²) in [5.41, 5.74) is 5.02. The van der Waals surface area contributed by atoms with Gasteiger partial charge in [0.25, 0.3) is 5.90 Å². The molecule has 0 saturated carbocycles. The fraction of sp³-hybridized carbons (Fsp3) is 0.296. The number of carbonyl (C=O) groups is 1. The van der Waals surface area contributed by atoms with Crippen LogP contribution < -0.4 is 5.32 Å². The van der Waals surface area contributed by atoms with Crippen molar-refractivity contribution in [2.75, 3.05) is 19.4 Å². The number of allylic oxidation sites excluding steroid dienone is 2. The summed E-state index contributed by atoms with van der Waals surface area (Å²) in [4.78, 5) is 17.5. The highest BCUT2D eigenvalue weighted by atomic mass is 19.3. The van der Waals surface area contributed by atoms with Crippen molar-refractivity contribution in [3.05, 3.63) is 77.9 Å². The molecular weight excluding hydrogens is 436 g/mol. The molecule has 34 heavy (non-hydrogen) atoms. The minimum Gasteiger partial charge on any atom is -0.438 e. The molecule has 0 saturated heterocycles. The highest BCUT2D eigenvalue weighted by molar-refractivity contribution is 5.89. The molecule has 2 aromatic rings. The largest absolute Gasteiger partial charge is 0.438 e. The third-order valence-electron chi connectivity index (χ3n) is 4.39. The molecule has 0 aliphatic rings. The third kappa shape index (κ3) is 11.9. The Kier molecular flexibility index (Phi) is 15.1. The van der Waals surface area contributed by atoms with E-state index in [2.05, 4.69) is 28.6 Å². The molecule has 0 atom stereocenters. The maximum atomic E-state index is 12.4. The molecule has 0 aliphatic heterocycles. The van der Waals surface area contributed by atoms with Crippen LogP contribution in [0.5, 0.6) is 0 Å². The molecule has 184 valence electrons. The van der Waals surface area contributed by atoms with Crippen LogP contribution in [0.2, 0.25) is 0 Å². The van der Waals surface area contributed by atoms with Gasteiger partial charge in [0.05, 0.1) is 0 Å². The Hall–Kier alpha value is -3.61. The first-order chi connectivity index (χ1) is 16.1. The molecule has 0 aromatic heterocycles. The highest BCUT2D eigenvalue weighted by Gasteiger charge is 2.15. The van der Waals surface area contributed by atoms with Crippen LogP contribution in [0.4, 0.5) is 14.5 Å². The van der Waals surface area contributed by atoms with Gasteiger partial charge in [-0.1, -0.05) is 56.0 Å². The number of aryl methyl sites for hydroxylation is 1. The molecule has 0 bridgehead atoms. The van der Waals surface area contributed by atoms with E-state index in [4.69, 9.17) is 4.74 Å². The van der Waals surface area contributed by atoms with Crippen molar-refractivity contribution in [1.82, 2.24) is 0 Å². The van der Waals surface area contributed by atoms with Gasteiger partial charge >= 0.3 is 6.43 Å². The van der Waals surface area contributed by atoms with E-state index in [0.29, 0.717) is 5.56 Å². The predicted octanol–water partition coefficient (Wildman–Crippen LogP) is 6.91. The van der Waals surface area contributed by atoms with E-state index in [1.807, 2.05) is 63.2 Å². The molecule has 5 nitrogen and oxygen atoms in total. The van der Waals surface area contributed by atoms with E-state index < -0.39 is 12.3 Å². The summed E-state index contributed by atoms with van der Waals surface area (Å²) in [6.45, 7) is 14.3. The smallest absolute Gasteiger partial charge is 0.312 e. The zero-order valence-corrected chi connectivity index (χ0v) is 20.9. The van der Waals surface area contributed by atoms with Crippen LogP contribution in [0.15, 0.2) is 71.2 Å². The lowest BCUT2D eigenvalue weighted by molar-refractivity contribution is -0.114. The maximum absolute atomic E-state index is 12.4. The van der Waals surface area contributed by atoms with E-state index in [1.54, 1.807) is 19.2 Å². The van der Waals surface area contributed by atoms with Crippen LogP contribution in [-0.2, 0) is 16.0 Å². The third-order valence-corrected chi connectivity index (χ3v) is 4.39. The number of aliphatic imine (C=N–C) groups is 2. The predicted molar refractivity (Wildman–Crippen MR) is 141 cm³/mol. The Balaban J connectivity index is 0.000000582. The Bertz CT molecular complexity index is 982. The van der Waals surface area contributed by atoms with Gasteiger partial charge in [-0.15, -0.1) is 0 Å². The number of halogens is 2. The first-order valence-corrected chi connectivity index (χ1v) is 10.7. The lowest BCUT2D eigenvalue weighted by Crippen LogP contribution is -2.13. The van der Waals surface area contributed by atoms with Crippen molar-refractivity contribution in [3.63, 3.8) is 0 Å². The quantitative estimate of drug-likeness (QED) is 0.282. The van der Waals surface area contributed by atoms with Gasteiger partial charge < -0.3 is 15.0 Å². The number of ether oxygens (including phenoxy) is 1. The molecule has 0 spiro atoms. The number of carbonyl (C=O) groups excluding carboxylic acids is 1. The summed E-state index contributed by atoms with van der Waals surface area (Å²) < 4.78 is 29.7. The fourth-order valence-corrected chi connectivity index (χ4v) is 2.51. The van der Waals surface area contributed by atoms with Gasteiger partial charge in [0, 0.05) is 32.3 Å². The van der Waals surface area contributed by atoms with Gasteiger partial charge in [0.2, 0.25) is 5.91 Å². The summed E-state index contributed by atoms with van der Waals surface area (Å²) in [7, 11) is 2.90. The van der Waals surface area contributed by atoms with Crippen LogP contribution in [0.25, 0.3) is 11.3 Å². The number of anilines is 1. The summed E-state index contributed by atoms with van der Waals surface area (Å²) in [5.74, 6) is -0.483. The number of hydrogen-bond donors (Lipinski definition) is 1. The molecule has 1 amide bonds. The van der Waals surface area contributed by atoms with E-state index in [-0.39, 0.29) is 11.7 Å². The lowest BCUT2D eigenvalue weighted by Gasteiger charge is -2.10. The van der Waals surface area contributed by atoms with Crippen molar-refractivity contribution >= 4 is 35.5 Å². The standard InChI is InChI=1S/C13H15F2NO.C12H15NO.C2H5N/c1-4-10-5-7-11(8-6-10)9(2)17-13(16-3)12(14)15;1-4-9(2)11-6-5-7-12(8-11)13-10(3)14;1-3-2/h5-8,12H,2,4H2,1,3H3;4-8H,1-3H3,(H,13,14);1H2,2H3/b;9-4+;. The first kappa shape index (κ1) is 30.4. The first-order valence-electron chi connectivity index (χ1n) is 10.7. The second-order valence-corrected chi connectivity index (χ2v) is 6.99. The number of amides is 1. The monoisotopic (exact) mass is 471 g/mol. The lowest BCUT2D eigenvalue weighted by atomic mass is 10.1. The average molecular weight is 472 g/mol. The minimum absolute atomic E-state index is 0.0414. The summed E-state index contributed by atoms with van der Waals surface area (Å²) in [6.07, 6.45) is 0.241. The topological polar surface area (TPSA) is 63.0 Å². The van der Waals surface area contributed by atoms with Crippen LogP contribution in [0.3, 0.4) is 0 Å². The van der Waals surface area contributed by atoms with E-state index in [9.17, 15) is 13.6 Å². The van der Waals surface area contributed by atoms with Gasteiger partial charge in [-0.2, -0.15) is 8.78 Å². The number of nitrogens with one attached hydrogen (secondary N) is 1. The Labute approximate surface area is 202 Å². The summed E-state index contributed by atoms with van der Waals surface area (Å²) >= 11 is 0. The van der Waals surface area contributed by atoms with Gasteiger partial charge in [0.1, 0.15) is 5.76 Å². The second kappa shape index (κ2) is 16.9. The SMILES string of the molecule is C/C=C(\C)c1cccc(NC(C)=O)c1.C=C(OC(=NC)C(F)F)c1ccc(CC)cc1.C=NC. The molecule has 0 radical (unpaired) electrons. The van der Waals surface area contributed by atoms with Crippen molar-refractivity contribution in [3.8, 4) is 0 Å². The molecule has 0 heterocycles. The van der Waals surface area contributed by atoms with E-state index in [1.165, 1.54) is 25.1 Å². The van der Waals surface area contributed by atoms with Crippen molar-refractivity contribution in [2.24, 2.45) is 9.98 Å². The number of alkyl halides is 2. The molecule has 0 aliphatic carbocycles. The van der Waals surface area contributed by atoms with Gasteiger partial charge in [-0.3, -0.25) is 9.79 Å². The Morgan fingerprint density at radius 2 is 1.71 bits per heavy atom. The van der Waals surface area contributed by atoms with Crippen LogP contribution >= 0.6 is 0 Å². The molecule has 2 aromatic carbocycles. The normalized spacial score (nSPS) is 10.9. The highest BCUT2D eigenvalue weighted by Crippen LogP contribution is 2.18. The molecule has 0 unspecified atom stereocenters. The van der Waals surface area contributed by atoms with Crippen molar-refractivity contribution in [2.45, 2.75) is 40.5 Å². The van der Waals surface area contributed by atoms with Crippen LogP contribution in [-0.4, -0.2) is 39.0 Å². The van der Waals surface area contributed by atoms with E-state index >= 15 is 0 Å². The zero-order chi connectivity index (χ0) is 26.1. The van der Waals surface area contributed by atoms with Crippen molar-refractivity contribution < 1.29 is 18.3 Å². The van der Waals surface area contributed by atoms with Gasteiger partial charge in [-0.05, 0) is 55.8 Å². The maximum Gasteiger partial charge on any atom is 0.312 e. The van der Waals surface area contributed by atoms with Gasteiger partial charge in [0.15, 0.2) is 0 Å². The average Bonchev–Trinajstić information content (AvgIpc) is 2.82. The summed E-state index contributed by atoms with van der Waals surface area (Å²) in [5, 5.41) is 2.76. The minimum atomic E-state index is -2.73. The molecule has 2 rings (SSSR count). The zero-order valence-electron chi connectivity index (χ0n) is 20.9. The van der Waals surface area contributed by atoms with Crippen molar-refractivity contribution in [1.29, 1.82) is 0 Å².